The molecule has 174 valence electrons. The van der Waals surface area contributed by atoms with E-state index in [0.717, 1.165) is 46.5 Å². The number of piperidine rings is 1. The summed E-state index contributed by atoms with van der Waals surface area (Å²) in [6.07, 6.45) is 5.87. The Morgan fingerprint density at radius 1 is 1.12 bits per heavy atom. The number of carbonyl (C=O) groups excluding carboxylic acids is 3. The number of thiazole rings is 1. The Morgan fingerprint density at radius 3 is 2.73 bits per heavy atom. The fraction of sp³-hybridized carbons (Fsp3) is 0.500. The lowest BCUT2D eigenvalue weighted by Crippen LogP contribution is -2.52. The molecule has 1 N–H and O–H groups in total. The van der Waals surface area contributed by atoms with E-state index >= 15 is 0 Å². The predicted octanol–water partition coefficient (Wildman–Crippen LogP) is 3.57. The van der Waals surface area contributed by atoms with E-state index in [1.54, 1.807) is 28.0 Å². The van der Waals surface area contributed by atoms with Gasteiger partial charge in [0.2, 0.25) is 11.8 Å². The highest BCUT2D eigenvalue weighted by Crippen LogP contribution is 2.36. The molecule has 0 saturated carbocycles. The van der Waals surface area contributed by atoms with Crippen LogP contribution in [0.15, 0.2) is 28.5 Å². The summed E-state index contributed by atoms with van der Waals surface area (Å²) in [7, 11) is 0. The average molecular weight is 485 g/mol. The maximum Gasteiger partial charge on any atom is 0.255 e. The Balaban J connectivity index is 1.23. The molecule has 3 aliphatic heterocycles. The Hall–Kier alpha value is -2.23. The number of benzene rings is 1. The number of likely N-dealkylation sites (tertiary alicyclic amines) is 1. The average Bonchev–Trinajstić information content (AvgIpc) is 3.28. The highest BCUT2D eigenvalue weighted by atomic mass is 32.2. The maximum absolute atomic E-state index is 13.0. The summed E-state index contributed by atoms with van der Waals surface area (Å²) >= 11 is 3.39. The van der Waals surface area contributed by atoms with Gasteiger partial charge in [0.25, 0.3) is 5.91 Å². The second kappa shape index (κ2) is 9.95. The zero-order valence-electron chi connectivity index (χ0n) is 18.5. The van der Waals surface area contributed by atoms with Crippen LogP contribution in [0.2, 0.25) is 0 Å². The Kier molecular flexibility index (Phi) is 6.80. The largest absolute Gasteiger partial charge is 0.322 e. The first-order valence-electron chi connectivity index (χ1n) is 11.6. The Morgan fingerprint density at radius 2 is 1.94 bits per heavy atom. The molecule has 2 fully saturated rings. The molecule has 1 unspecified atom stereocenters. The minimum absolute atomic E-state index is 0.129. The number of carbonyl (C=O) groups is 3. The predicted molar refractivity (Wildman–Crippen MR) is 128 cm³/mol. The number of nitrogens with one attached hydrogen (secondary N) is 1. The molecule has 5 rings (SSSR count). The number of aromatic nitrogens is 1. The second-order valence-electron chi connectivity index (χ2n) is 8.89. The monoisotopic (exact) mass is 484 g/mol. The van der Waals surface area contributed by atoms with Gasteiger partial charge in [0.15, 0.2) is 0 Å². The van der Waals surface area contributed by atoms with Gasteiger partial charge in [-0.1, -0.05) is 18.9 Å². The van der Waals surface area contributed by atoms with E-state index in [1.807, 2.05) is 18.2 Å². The summed E-state index contributed by atoms with van der Waals surface area (Å²) in [5.41, 5.74) is 2.78. The van der Waals surface area contributed by atoms with Gasteiger partial charge in [0, 0.05) is 35.3 Å². The van der Waals surface area contributed by atoms with Gasteiger partial charge in [-0.25, -0.2) is 4.98 Å². The van der Waals surface area contributed by atoms with Gasteiger partial charge in [-0.15, -0.1) is 23.1 Å². The number of rotatable bonds is 6. The normalized spacial score (nSPS) is 21.8. The van der Waals surface area contributed by atoms with Gasteiger partial charge in [0.1, 0.15) is 11.0 Å². The van der Waals surface area contributed by atoms with E-state index in [2.05, 4.69) is 15.6 Å². The SMILES string of the molecule is O=C1CCC(N2Cc3c(SCc4nc(CN5CCCCCC5)cs4)cccc3C2=O)C(=O)N1. The molecule has 9 heteroatoms. The van der Waals surface area contributed by atoms with Crippen LogP contribution >= 0.6 is 23.1 Å². The van der Waals surface area contributed by atoms with E-state index in [9.17, 15) is 14.4 Å². The fourth-order valence-corrected chi connectivity index (χ4v) is 6.73. The first-order chi connectivity index (χ1) is 16.1. The van der Waals surface area contributed by atoms with Crippen molar-refractivity contribution in [2.45, 2.75) is 68.3 Å². The third kappa shape index (κ3) is 5.00. The van der Waals surface area contributed by atoms with Crippen LogP contribution in [0.3, 0.4) is 0 Å². The van der Waals surface area contributed by atoms with Crippen molar-refractivity contribution in [2.24, 2.45) is 0 Å². The van der Waals surface area contributed by atoms with E-state index in [0.29, 0.717) is 18.5 Å². The third-order valence-electron chi connectivity index (χ3n) is 6.57. The van der Waals surface area contributed by atoms with Crippen LogP contribution < -0.4 is 5.32 Å². The smallest absolute Gasteiger partial charge is 0.255 e. The zero-order valence-corrected chi connectivity index (χ0v) is 20.2. The van der Waals surface area contributed by atoms with Crippen LogP contribution in [0, 0.1) is 0 Å². The van der Waals surface area contributed by atoms with Crippen molar-refractivity contribution in [3.63, 3.8) is 0 Å². The molecular weight excluding hydrogens is 456 g/mol. The number of hydrogen-bond acceptors (Lipinski definition) is 7. The maximum atomic E-state index is 13.0. The fourth-order valence-electron chi connectivity index (χ4n) is 4.84. The van der Waals surface area contributed by atoms with Crippen molar-refractivity contribution in [1.82, 2.24) is 20.1 Å². The summed E-state index contributed by atoms with van der Waals surface area (Å²) in [6, 6.07) is 5.19. The van der Waals surface area contributed by atoms with Crippen LogP contribution in [0.25, 0.3) is 0 Å². The van der Waals surface area contributed by atoms with E-state index in [1.165, 1.54) is 25.7 Å². The van der Waals surface area contributed by atoms with Crippen molar-refractivity contribution in [3.8, 4) is 0 Å². The molecule has 0 bridgehead atoms. The summed E-state index contributed by atoms with van der Waals surface area (Å²) < 4.78 is 0. The van der Waals surface area contributed by atoms with Gasteiger partial charge < -0.3 is 4.90 Å². The molecule has 2 aromatic rings. The Bertz CT molecular complexity index is 1060. The molecular formula is C24H28N4O3S2. The van der Waals surface area contributed by atoms with Crippen molar-refractivity contribution >= 4 is 40.8 Å². The highest BCUT2D eigenvalue weighted by Gasteiger charge is 2.39. The number of amides is 3. The zero-order chi connectivity index (χ0) is 22.8. The highest BCUT2D eigenvalue weighted by molar-refractivity contribution is 7.98. The first kappa shape index (κ1) is 22.6. The number of fused-ring (bicyclic) bond motifs is 1. The van der Waals surface area contributed by atoms with Crippen molar-refractivity contribution in [1.29, 1.82) is 0 Å². The number of nitrogens with zero attached hydrogens (tertiary/aromatic N) is 3. The molecule has 0 spiro atoms. The quantitative estimate of drug-likeness (QED) is 0.499. The van der Waals surface area contributed by atoms with Crippen LogP contribution in [-0.4, -0.2) is 51.6 Å². The second-order valence-corrected chi connectivity index (χ2v) is 10.9. The molecule has 3 aliphatic rings. The van der Waals surface area contributed by atoms with Crippen molar-refractivity contribution in [2.75, 3.05) is 13.1 Å². The molecule has 1 atom stereocenters. The van der Waals surface area contributed by atoms with Crippen LogP contribution in [0.1, 0.15) is 65.1 Å². The van der Waals surface area contributed by atoms with Crippen LogP contribution in [0.5, 0.6) is 0 Å². The van der Waals surface area contributed by atoms with Crippen LogP contribution in [-0.2, 0) is 28.4 Å². The molecule has 1 aromatic carbocycles. The van der Waals surface area contributed by atoms with Gasteiger partial charge in [-0.05, 0) is 50.0 Å². The summed E-state index contributed by atoms with van der Waals surface area (Å²) in [5, 5.41) is 5.62. The minimum atomic E-state index is -0.582. The van der Waals surface area contributed by atoms with Crippen molar-refractivity contribution in [3.05, 3.63) is 45.4 Å². The van der Waals surface area contributed by atoms with Gasteiger partial charge in [-0.3, -0.25) is 24.6 Å². The van der Waals surface area contributed by atoms with E-state index in [-0.39, 0.29) is 24.1 Å². The molecule has 33 heavy (non-hydrogen) atoms. The van der Waals surface area contributed by atoms with Crippen LogP contribution in [0.4, 0.5) is 0 Å². The Labute approximate surface area is 201 Å². The first-order valence-corrected chi connectivity index (χ1v) is 13.5. The summed E-state index contributed by atoms with van der Waals surface area (Å²) in [6.45, 7) is 3.66. The molecule has 3 amide bonds. The molecule has 2 saturated heterocycles. The molecule has 0 radical (unpaired) electrons. The third-order valence-corrected chi connectivity index (χ3v) is 8.77. The number of hydrogen-bond donors (Lipinski definition) is 1. The minimum Gasteiger partial charge on any atom is -0.322 e. The molecule has 0 aliphatic carbocycles. The van der Waals surface area contributed by atoms with E-state index in [4.69, 9.17) is 4.98 Å². The molecule has 7 nitrogen and oxygen atoms in total. The molecule has 4 heterocycles. The van der Waals surface area contributed by atoms with E-state index < -0.39 is 6.04 Å². The summed E-state index contributed by atoms with van der Waals surface area (Å²) in [5.74, 6) is -0.0131. The number of imide groups is 1. The van der Waals surface area contributed by atoms with Crippen molar-refractivity contribution < 1.29 is 14.4 Å². The topological polar surface area (TPSA) is 82.6 Å². The lowest BCUT2D eigenvalue weighted by Gasteiger charge is -2.29. The lowest BCUT2D eigenvalue weighted by atomic mass is 10.0. The van der Waals surface area contributed by atoms with Gasteiger partial charge in [0.05, 0.1) is 11.4 Å². The van der Waals surface area contributed by atoms with Gasteiger partial charge in [-0.2, -0.15) is 0 Å². The van der Waals surface area contributed by atoms with Gasteiger partial charge >= 0.3 is 0 Å². The lowest BCUT2D eigenvalue weighted by molar-refractivity contribution is -0.136. The number of thioether (sulfide) groups is 1. The molecule has 1 aromatic heterocycles. The standard InChI is InChI=1S/C24H28N4O3S2/c29-21-9-8-19(23(30)26-21)28-13-18-17(24(28)31)6-5-7-20(18)32-15-22-25-16(14-33-22)12-27-10-3-1-2-4-11-27/h5-7,14,19H,1-4,8-13,15H2,(H,26,29,30). The summed E-state index contributed by atoms with van der Waals surface area (Å²) in [4.78, 5) is 46.8.